The predicted octanol–water partition coefficient (Wildman–Crippen LogP) is 2.69. The summed E-state index contributed by atoms with van der Waals surface area (Å²) in [6.07, 6.45) is 1.71. The Morgan fingerprint density at radius 2 is 1.81 bits per heavy atom. The minimum absolute atomic E-state index is 0.0416. The van der Waals surface area contributed by atoms with Gasteiger partial charge in [0.1, 0.15) is 30.8 Å². The molecule has 2 amide bonds. The molecule has 9 nitrogen and oxygen atoms in total. The van der Waals surface area contributed by atoms with Gasteiger partial charge in [0.25, 0.3) is 5.91 Å². The van der Waals surface area contributed by atoms with Gasteiger partial charge in [-0.2, -0.15) is 0 Å². The summed E-state index contributed by atoms with van der Waals surface area (Å²) in [5.74, 6) is -0.0838. The normalized spacial score (nSPS) is 15.0. The second kappa shape index (κ2) is 14.0. The maximum Gasteiger partial charge on any atom is 0.308 e. The van der Waals surface area contributed by atoms with Crippen LogP contribution in [0.15, 0.2) is 54.6 Å². The van der Waals surface area contributed by atoms with Crippen LogP contribution in [0.4, 0.5) is 0 Å². The molecule has 1 aliphatic rings. The van der Waals surface area contributed by atoms with Crippen molar-refractivity contribution < 1.29 is 28.6 Å². The minimum atomic E-state index is -0.891. The molecule has 3 rings (SSSR count). The van der Waals surface area contributed by atoms with E-state index in [1.807, 2.05) is 18.2 Å². The summed E-state index contributed by atoms with van der Waals surface area (Å²) in [6, 6.07) is 15.1. The summed E-state index contributed by atoms with van der Waals surface area (Å²) in [7, 11) is 0. The van der Waals surface area contributed by atoms with Gasteiger partial charge in [0, 0.05) is 18.7 Å². The van der Waals surface area contributed by atoms with Crippen molar-refractivity contribution in [3.8, 4) is 11.5 Å². The van der Waals surface area contributed by atoms with Crippen molar-refractivity contribution in [1.29, 1.82) is 0 Å². The van der Waals surface area contributed by atoms with Gasteiger partial charge >= 0.3 is 5.97 Å². The fraction of sp³-hybridized carbons (Fsp3) is 0.385. The molecule has 0 aliphatic carbocycles. The highest BCUT2D eigenvalue weighted by molar-refractivity contribution is 7.80. The molecule has 2 N–H and O–H groups in total. The third kappa shape index (κ3) is 8.23. The van der Waals surface area contributed by atoms with E-state index in [9.17, 15) is 14.4 Å². The van der Waals surface area contributed by atoms with Gasteiger partial charge < -0.3 is 24.4 Å². The van der Waals surface area contributed by atoms with Gasteiger partial charge in [-0.1, -0.05) is 37.6 Å². The first-order valence-electron chi connectivity index (χ1n) is 11.9. The summed E-state index contributed by atoms with van der Waals surface area (Å²) in [5.41, 5.74) is 0.377. The van der Waals surface area contributed by atoms with Crippen LogP contribution < -0.4 is 20.1 Å². The number of amides is 2. The Morgan fingerprint density at radius 1 is 1.06 bits per heavy atom. The number of thiocarbonyl (C=S) groups is 1. The van der Waals surface area contributed by atoms with E-state index in [1.54, 1.807) is 36.4 Å². The zero-order valence-electron chi connectivity index (χ0n) is 20.2. The fourth-order valence-corrected chi connectivity index (χ4v) is 3.82. The average molecular weight is 514 g/mol. The number of carbonyl (C=O) groups excluding carboxylic acids is 3. The molecular formula is C26H31N3O6S. The Hall–Kier alpha value is -3.66. The van der Waals surface area contributed by atoms with Gasteiger partial charge in [-0.05, 0) is 49.0 Å². The number of piperazine rings is 1. The van der Waals surface area contributed by atoms with Gasteiger partial charge in [0.05, 0.1) is 13.0 Å². The number of hydrogen-bond acceptors (Lipinski definition) is 7. The summed E-state index contributed by atoms with van der Waals surface area (Å²) >= 11 is 5.42. The van der Waals surface area contributed by atoms with Crippen LogP contribution >= 0.6 is 12.2 Å². The van der Waals surface area contributed by atoms with E-state index in [-0.39, 0.29) is 30.7 Å². The summed E-state index contributed by atoms with van der Waals surface area (Å²) in [5, 5.41) is 5.46. The molecule has 0 bridgehead atoms. The zero-order chi connectivity index (χ0) is 25.8. The third-order valence-electron chi connectivity index (χ3n) is 5.39. The van der Waals surface area contributed by atoms with E-state index < -0.39 is 17.9 Å². The number of esters is 1. The number of ether oxygens (including phenoxy) is 3. The van der Waals surface area contributed by atoms with Gasteiger partial charge in [-0.15, -0.1) is 0 Å². The number of para-hydroxylation sites is 1. The molecule has 2 aromatic rings. The summed E-state index contributed by atoms with van der Waals surface area (Å²) < 4.78 is 16.4. The van der Waals surface area contributed by atoms with Gasteiger partial charge in [-0.3, -0.25) is 19.7 Å². The van der Waals surface area contributed by atoms with Crippen molar-refractivity contribution in [3.05, 3.63) is 60.2 Å². The van der Waals surface area contributed by atoms with Crippen molar-refractivity contribution in [2.24, 2.45) is 0 Å². The second-order valence-corrected chi connectivity index (χ2v) is 8.46. The van der Waals surface area contributed by atoms with Crippen LogP contribution in [0.5, 0.6) is 11.5 Å². The summed E-state index contributed by atoms with van der Waals surface area (Å²) in [4.78, 5) is 39.2. The topological polar surface area (TPSA) is 106 Å². The van der Waals surface area contributed by atoms with Crippen molar-refractivity contribution >= 4 is 35.1 Å². The Bertz CT molecular complexity index is 1050. The van der Waals surface area contributed by atoms with Crippen LogP contribution in [0.1, 0.15) is 36.5 Å². The number of benzene rings is 2. The molecule has 1 unspecified atom stereocenters. The van der Waals surface area contributed by atoms with E-state index in [0.29, 0.717) is 36.8 Å². The van der Waals surface area contributed by atoms with Crippen molar-refractivity contribution in [2.45, 2.75) is 32.2 Å². The van der Waals surface area contributed by atoms with E-state index in [0.717, 1.165) is 12.8 Å². The Balaban J connectivity index is 1.52. The number of carbonyl (C=O) groups is 3. The Labute approximate surface area is 216 Å². The number of unbranched alkanes of at least 4 members (excludes halogenated alkanes) is 1. The van der Waals surface area contributed by atoms with Gasteiger partial charge in [0.15, 0.2) is 5.11 Å². The molecule has 2 aromatic carbocycles. The third-order valence-corrected chi connectivity index (χ3v) is 5.73. The largest absolute Gasteiger partial charge is 0.494 e. The number of hydrogen-bond donors (Lipinski definition) is 2. The van der Waals surface area contributed by atoms with Gasteiger partial charge in [-0.25, -0.2) is 0 Å². The standard InChI is InChI=1S/C26H31N3O6S/c1-2-3-14-33-21-11-7-8-19(17-21)24(31)28-26(36)29-13-12-27-25(32)22(29)18-23(30)35-16-15-34-20-9-5-4-6-10-20/h4-11,17,22H,2-3,12-16,18H2,1H3,(H,27,32)(H,28,31,36). The molecule has 36 heavy (non-hydrogen) atoms. The van der Waals surface area contributed by atoms with Crippen LogP contribution in [0.25, 0.3) is 0 Å². The lowest BCUT2D eigenvalue weighted by molar-refractivity contribution is -0.148. The molecule has 1 atom stereocenters. The van der Waals surface area contributed by atoms with Crippen LogP contribution in [0, 0.1) is 0 Å². The maximum absolute atomic E-state index is 12.8. The number of rotatable bonds is 11. The second-order valence-electron chi connectivity index (χ2n) is 8.08. The van der Waals surface area contributed by atoms with Gasteiger partial charge in [0.2, 0.25) is 5.91 Å². The molecule has 10 heteroatoms. The lowest BCUT2D eigenvalue weighted by atomic mass is 10.1. The van der Waals surface area contributed by atoms with E-state index in [4.69, 9.17) is 26.4 Å². The minimum Gasteiger partial charge on any atom is -0.494 e. The quantitative estimate of drug-likeness (QED) is 0.268. The number of nitrogens with zero attached hydrogens (tertiary/aromatic N) is 1. The smallest absolute Gasteiger partial charge is 0.308 e. The van der Waals surface area contributed by atoms with Crippen LogP contribution in [0.3, 0.4) is 0 Å². The van der Waals surface area contributed by atoms with Crippen molar-refractivity contribution in [2.75, 3.05) is 32.9 Å². The zero-order valence-corrected chi connectivity index (χ0v) is 21.1. The lowest BCUT2D eigenvalue weighted by Crippen LogP contribution is -2.60. The first-order chi connectivity index (χ1) is 17.5. The van der Waals surface area contributed by atoms with Crippen LogP contribution in [-0.4, -0.2) is 66.7 Å². The maximum atomic E-state index is 12.8. The molecular weight excluding hydrogens is 482 g/mol. The highest BCUT2D eigenvalue weighted by Crippen LogP contribution is 2.15. The molecule has 0 radical (unpaired) electrons. The highest BCUT2D eigenvalue weighted by Gasteiger charge is 2.34. The SMILES string of the molecule is CCCCOc1cccc(C(=O)NC(=S)N2CCNC(=O)C2CC(=O)OCCOc2ccccc2)c1. The van der Waals surface area contributed by atoms with Crippen molar-refractivity contribution in [3.63, 3.8) is 0 Å². The average Bonchev–Trinajstić information content (AvgIpc) is 2.88. The Kier molecular flexibility index (Phi) is 10.5. The fourth-order valence-electron chi connectivity index (χ4n) is 3.51. The molecule has 192 valence electrons. The molecule has 1 fully saturated rings. The molecule has 0 spiro atoms. The van der Waals surface area contributed by atoms with E-state index in [2.05, 4.69) is 17.6 Å². The van der Waals surface area contributed by atoms with Crippen LogP contribution in [0.2, 0.25) is 0 Å². The van der Waals surface area contributed by atoms with Crippen molar-refractivity contribution in [1.82, 2.24) is 15.5 Å². The first kappa shape index (κ1) is 26.9. The molecule has 0 aromatic heterocycles. The molecule has 0 saturated carbocycles. The predicted molar refractivity (Wildman–Crippen MR) is 138 cm³/mol. The van der Waals surface area contributed by atoms with Crippen LogP contribution in [-0.2, 0) is 14.3 Å². The molecule has 1 saturated heterocycles. The molecule has 1 heterocycles. The van der Waals surface area contributed by atoms with E-state index >= 15 is 0 Å². The lowest BCUT2D eigenvalue weighted by Gasteiger charge is -2.36. The summed E-state index contributed by atoms with van der Waals surface area (Å²) in [6.45, 7) is 3.56. The highest BCUT2D eigenvalue weighted by atomic mass is 32.1. The van der Waals surface area contributed by atoms with E-state index in [1.165, 1.54) is 4.90 Å². The number of nitrogens with one attached hydrogen (secondary N) is 2. The monoisotopic (exact) mass is 513 g/mol. The molecule has 1 aliphatic heterocycles. The first-order valence-corrected chi connectivity index (χ1v) is 12.3. The Morgan fingerprint density at radius 3 is 2.58 bits per heavy atom.